The number of likely N-dealkylation sites (N-methyl/N-ethyl adjacent to an activating group) is 1. The minimum atomic E-state index is -0.291. The van der Waals surface area contributed by atoms with E-state index in [0.29, 0.717) is 43.5 Å². The predicted molar refractivity (Wildman–Crippen MR) is 106 cm³/mol. The van der Waals surface area contributed by atoms with Crippen molar-refractivity contribution in [3.63, 3.8) is 0 Å². The number of aromatic nitrogens is 2. The van der Waals surface area contributed by atoms with E-state index in [9.17, 15) is 9.59 Å². The van der Waals surface area contributed by atoms with Gasteiger partial charge in [0, 0.05) is 26.2 Å². The average molecular weight is 394 g/mol. The van der Waals surface area contributed by atoms with Gasteiger partial charge < -0.3 is 19.0 Å². The van der Waals surface area contributed by atoms with Crippen molar-refractivity contribution in [1.29, 1.82) is 0 Å². The summed E-state index contributed by atoms with van der Waals surface area (Å²) >= 11 is 0. The molecule has 8 heteroatoms. The Balaban J connectivity index is 1.60. The van der Waals surface area contributed by atoms with E-state index in [-0.39, 0.29) is 18.4 Å². The second-order valence-corrected chi connectivity index (χ2v) is 6.79. The van der Waals surface area contributed by atoms with Crippen LogP contribution in [0.1, 0.15) is 10.5 Å². The van der Waals surface area contributed by atoms with E-state index in [0.717, 1.165) is 5.69 Å². The van der Waals surface area contributed by atoms with Crippen molar-refractivity contribution in [3.8, 4) is 17.1 Å². The Morgan fingerprint density at radius 3 is 2.55 bits per heavy atom. The van der Waals surface area contributed by atoms with Crippen LogP contribution in [0.5, 0.6) is 0 Å². The molecule has 1 aromatic carbocycles. The number of benzene rings is 1. The number of ether oxygens (including phenoxy) is 1. The van der Waals surface area contributed by atoms with Crippen LogP contribution in [-0.4, -0.2) is 71.3 Å². The largest absolute Gasteiger partial charge is 0.463 e. The van der Waals surface area contributed by atoms with E-state index in [1.807, 2.05) is 30.3 Å². The summed E-state index contributed by atoms with van der Waals surface area (Å²) < 4.78 is 12.3. The summed E-state index contributed by atoms with van der Waals surface area (Å²) in [7, 11) is 1.62. The van der Waals surface area contributed by atoms with Crippen molar-refractivity contribution in [2.45, 2.75) is 0 Å². The van der Waals surface area contributed by atoms with Gasteiger partial charge in [-0.3, -0.25) is 9.59 Å². The summed E-state index contributed by atoms with van der Waals surface area (Å²) in [5.74, 6) is 0.183. The molecule has 1 saturated heterocycles. The Labute approximate surface area is 168 Å². The van der Waals surface area contributed by atoms with Crippen molar-refractivity contribution in [2.24, 2.45) is 0 Å². The van der Waals surface area contributed by atoms with Crippen LogP contribution in [0.2, 0.25) is 0 Å². The average Bonchev–Trinajstić information content (AvgIpc) is 3.44. The van der Waals surface area contributed by atoms with Gasteiger partial charge in [-0.25, -0.2) is 4.68 Å². The number of rotatable bonds is 5. The van der Waals surface area contributed by atoms with Crippen molar-refractivity contribution in [2.75, 3.05) is 39.9 Å². The number of nitrogens with zero attached hydrogens (tertiary/aromatic N) is 4. The fraction of sp³-hybridized carbons (Fsp3) is 0.286. The first-order valence-corrected chi connectivity index (χ1v) is 9.44. The van der Waals surface area contributed by atoms with Gasteiger partial charge >= 0.3 is 0 Å². The van der Waals surface area contributed by atoms with Crippen LogP contribution in [0, 0.1) is 0 Å². The maximum Gasteiger partial charge on any atom is 0.272 e. The summed E-state index contributed by atoms with van der Waals surface area (Å²) in [6, 6.07) is 14.6. The third kappa shape index (κ3) is 4.07. The molecular formula is C21H22N4O4. The van der Waals surface area contributed by atoms with Gasteiger partial charge in [0.1, 0.15) is 11.4 Å². The second-order valence-electron chi connectivity index (χ2n) is 6.79. The molecule has 1 aliphatic heterocycles. The van der Waals surface area contributed by atoms with Gasteiger partial charge in [-0.15, -0.1) is 0 Å². The molecule has 0 N–H and O–H groups in total. The van der Waals surface area contributed by atoms with Crippen LogP contribution in [0.25, 0.3) is 17.1 Å². The first-order valence-electron chi connectivity index (χ1n) is 9.44. The van der Waals surface area contributed by atoms with E-state index < -0.39 is 0 Å². The molecule has 29 heavy (non-hydrogen) atoms. The molecule has 3 aromatic rings. The zero-order valence-corrected chi connectivity index (χ0v) is 16.2. The number of hydrogen-bond acceptors (Lipinski definition) is 5. The van der Waals surface area contributed by atoms with Gasteiger partial charge in [0.2, 0.25) is 5.91 Å². The highest BCUT2D eigenvalue weighted by atomic mass is 16.5. The highest BCUT2D eigenvalue weighted by molar-refractivity contribution is 5.96. The van der Waals surface area contributed by atoms with Gasteiger partial charge in [-0.2, -0.15) is 5.10 Å². The van der Waals surface area contributed by atoms with Gasteiger partial charge in [-0.05, 0) is 24.3 Å². The molecule has 8 nitrogen and oxygen atoms in total. The third-order valence-electron chi connectivity index (χ3n) is 4.79. The number of carbonyl (C=O) groups excluding carboxylic acids is 2. The molecule has 0 saturated carbocycles. The van der Waals surface area contributed by atoms with Crippen molar-refractivity contribution in [3.05, 3.63) is 60.5 Å². The van der Waals surface area contributed by atoms with Gasteiger partial charge in [0.15, 0.2) is 5.76 Å². The Morgan fingerprint density at radius 2 is 1.86 bits per heavy atom. The predicted octanol–water partition coefficient (Wildman–Crippen LogP) is 2.06. The number of furan rings is 1. The highest BCUT2D eigenvalue weighted by Gasteiger charge is 2.25. The summed E-state index contributed by atoms with van der Waals surface area (Å²) in [5, 5.41) is 4.56. The van der Waals surface area contributed by atoms with E-state index in [2.05, 4.69) is 5.10 Å². The normalized spacial score (nSPS) is 14.0. The summed E-state index contributed by atoms with van der Waals surface area (Å²) in [5.41, 5.74) is 1.66. The van der Waals surface area contributed by atoms with E-state index in [1.165, 1.54) is 4.90 Å². The Bertz CT molecular complexity index is 976. The lowest BCUT2D eigenvalue weighted by atomic mass is 10.2. The molecule has 1 fully saturated rings. The van der Waals surface area contributed by atoms with Crippen molar-refractivity contribution >= 4 is 11.8 Å². The van der Waals surface area contributed by atoms with Gasteiger partial charge in [0.05, 0.1) is 31.7 Å². The number of morpholine rings is 1. The molecule has 0 spiro atoms. The quantitative estimate of drug-likeness (QED) is 0.662. The lowest BCUT2D eigenvalue weighted by molar-refractivity contribution is -0.135. The number of amides is 2. The molecule has 0 atom stereocenters. The minimum Gasteiger partial charge on any atom is -0.463 e. The first kappa shape index (κ1) is 18.9. The van der Waals surface area contributed by atoms with Crippen LogP contribution in [0.3, 0.4) is 0 Å². The smallest absolute Gasteiger partial charge is 0.272 e. The standard InChI is InChI=1S/C21H22N4O4/c1-23(15-20(26)24-9-12-28-13-10-24)21(27)18-14-17(19-8-5-11-29-19)22-25(18)16-6-3-2-4-7-16/h2-8,11,14H,9-10,12-13,15H2,1H3. The van der Waals surface area contributed by atoms with Crippen molar-refractivity contribution in [1.82, 2.24) is 19.6 Å². The van der Waals surface area contributed by atoms with Crippen LogP contribution < -0.4 is 0 Å². The van der Waals surface area contributed by atoms with Crippen LogP contribution in [0.4, 0.5) is 0 Å². The molecule has 150 valence electrons. The van der Waals surface area contributed by atoms with Crippen LogP contribution in [-0.2, 0) is 9.53 Å². The molecule has 2 aromatic heterocycles. The highest BCUT2D eigenvalue weighted by Crippen LogP contribution is 2.23. The van der Waals surface area contributed by atoms with Crippen molar-refractivity contribution < 1.29 is 18.7 Å². The fourth-order valence-corrected chi connectivity index (χ4v) is 3.23. The van der Waals surface area contributed by atoms with Gasteiger partial charge in [0.25, 0.3) is 5.91 Å². The minimum absolute atomic E-state index is 0.00507. The summed E-state index contributed by atoms with van der Waals surface area (Å²) in [4.78, 5) is 28.8. The lowest BCUT2D eigenvalue weighted by Gasteiger charge is -2.28. The lowest BCUT2D eigenvalue weighted by Crippen LogP contribution is -2.46. The second kappa shape index (κ2) is 8.32. The third-order valence-corrected chi connectivity index (χ3v) is 4.79. The molecule has 4 rings (SSSR count). The van der Waals surface area contributed by atoms with E-state index in [1.54, 1.807) is 41.1 Å². The van der Waals surface area contributed by atoms with E-state index >= 15 is 0 Å². The van der Waals surface area contributed by atoms with Crippen LogP contribution in [0.15, 0.2) is 59.2 Å². The molecular weight excluding hydrogens is 372 g/mol. The molecule has 3 heterocycles. The number of para-hydroxylation sites is 1. The molecule has 0 bridgehead atoms. The van der Waals surface area contributed by atoms with Gasteiger partial charge in [-0.1, -0.05) is 18.2 Å². The molecule has 0 radical (unpaired) electrons. The molecule has 1 aliphatic rings. The molecule has 0 unspecified atom stereocenters. The zero-order chi connectivity index (χ0) is 20.2. The SMILES string of the molecule is CN(CC(=O)N1CCOCC1)C(=O)c1cc(-c2ccco2)nn1-c1ccccc1. The van der Waals surface area contributed by atoms with Crippen LogP contribution >= 0.6 is 0 Å². The Morgan fingerprint density at radius 1 is 1.10 bits per heavy atom. The fourth-order valence-electron chi connectivity index (χ4n) is 3.23. The van der Waals surface area contributed by atoms with E-state index in [4.69, 9.17) is 9.15 Å². The molecule has 2 amide bonds. The Kier molecular flexibility index (Phi) is 5.44. The Hall–Kier alpha value is -3.39. The maximum atomic E-state index is 13.2. The topological polar surface area (TPSA) is 80.8 Å². The molecule has 0 aliphatic carbocycles. The zero-order valence-electron chi connectivity index (χ0n) is 16.2. The summed E-state index contributed by atoms with van der Waals surface area (Å²) in [6.07, 6.45) is 1.56. The summed E-state index contributed by atoms with van der Waals surface area (Å²) in [6.45, 7) is 2.14. The number of carbonyl (C=O) groups is 2. The monoisotopic (exact) mass is 394 g/mol. The first-order chi connectivity index (χ1) is 14.1. The number of hydrogen-bond donors (Lipinski definition) is 0. The maximum absolute atomic E-state index is 13.2.